The molecule has 0 N–H and O–H groups in total. The Morgan fingerprint density at radius 2 is 0.656 bits per heavy atom. The molecule has 0 aliphatic carbocycles. The van der Waals surface area contributed by atoms with Crippen molar-refractivity contribution in [3.8, 4) is 50.6 Å². The molecule has 6 nitrogen and oxygen atoms in total. The van der Waals surface area contributed by atoms with Crippen LogP contribution in [0.5, 0.6) is 0 Å². The summed E-state index contributed by atoms with van der Waals surface area (Å²) in [5.74, 6) is 0.841. The molecule has 1 heterocycles. The van der Waals surface area contributed by atoms with Crippen molar-refractivity contribution >= 4 is 17.5 Å². The molecule has 0 saturated heterocycles. The summed E-state index contributed by atoms with van der Waals surface area (Å²) in [4.78, 5) is 18.6. The van der Waals surface area contributed by atoms with E-state index in [0.29, 0.717) is 37.8 Å². The van der Waals surface area contributed by atoms with E-state index in [1.54, 1.807) is 0 Å². The lowest BCUT2D eigenvalue weighted by molar-refractivity contribution is 0.762. The van der Waals surface area contributed by atoms with Crippen molar-refractivity contribution < 1.29 is 0 Å². The lowest BCUT2D eigenvalue weighted by atomic mass is 9.97. The molecule has 306 valence electrons. The van der Waals surface area contributed by atoms with E-state index >= 15 is 0 Å². The predicted octanol–water partition coefficient (Wildman–Crippen LogP) is 14.0. The minimum absolute atomic E-state index is 0.126. The molecule has 64 heavy (non-hydrogen) atoms. The lowest BCUT2D eigenvalue weighted by Gasteiger charge is -2.29. The molecule has 8 aromatic carbocycles. The third-order valence-electron chi connectivity index (χ3n) is 11.5. The highest BCUT2D eigenvalue weighted by Gasteiger charge is 2.28. The van der Waals surface area contributed by atoms with Crippen LogP contribution in [0, 0.1) is 17.9 Å². The fourth-order valence-corrected chi connectivity index (χ4v) is 8.46. The topological polar surface area (TPSA) is 60.4 Å². The van der Waals surface area contributed by atoms with Crippen LogP contribution in [0.2, 0.25) is 0 Å². The van der Waals surface area contributed by atoms with E-state index in [2.05, 4.69) is 118 Å². The van der Waals surface area contributed by atoms with Gasteiger partial charge in [-0.1, -0.05) is 230 Å². The fourth-order valence-electron chi connectivity index (χ4n) is 8.46. The molecule has 9 aromatic rings. The van der Waals surface area contributed by atoms with Crippen LogP contribution in [0.1, 0.15) is 27.9 Å². The molecule has 0 bridgehead atoms. The normalized spacial score (nSPS) is 10.7. The molecule has 0 fully saturated rings. The van der Waals surface area contributed by atoms with E-state index in [9.17, 15) is 5.26 Å². The number of hydrogen-bond donors (Lipinski definition) is 0. The Balaban J connectivity index is 1.19. The van der Waals surface area contributed by atoms with Crippen LogP contribution in [0.25, 0.3) is 49.4 Å². The first-order valence-electron chi connectivity index (χ1n) is 21.4. The molecule has 0 radical (unpaired) electrons. The standard InChI is InChI=1S/C58H44N6/c1-60-56-58(64(41-49-32-16-20-36-53(49)45-26-10-4-11-27-45)42-50-33-17-21-37-54(50)46-28-12-5-13-29-46)61-55(38-59)57(62-56)63(39-47-30-14-18-34-51(47)43-22-6-2-7-23-43)40-48-31-15-19-35-52(48)44-24-8-3-9-25-44/h2-37H,39-42H2. The predicted molar refractivity (Wildman–Crippen MR) is 260 cm³/mol. The zero-order chi connectivity index (χ0) is 43.5. The summed E-state index contributed by atoms with van der Waals surface area (Å²) in [5, 5.41) is 11.1. The number of anilines is 2. The van der Waals surface area contributed by atoms with Crippen molar-refractivity contribution in [1.82, 2.24) is 9.97 Å². The van der Waals surface area contributed by atoms with Gasteiger partial charge in [0.1, 0.15) is 6.07 Å². The monoisotopic (exact) mass is 824 g/mol. The molecular weight excluding hydrogens is 781 g/mol. The highest BCUT2D eigenvalue weighted by Crippen LogP contribution is 2.37. The highest BCUT2D eigenvalue weighted by molar-refractivity contribution is 5.75. The molecule has 0 spiro atoms. The Morgan fingerprint density at radius 3 is 0.953 bits per heavy atom. The van der Waals surface area contributed by atoms with Crippen molar-refractivity contribution in [3.05, 3.63) is 258 Å². The maximum atomic E-state index is 11.1. The van der Waals surface area contributed by atoms with Gasteiger partial charge in [-0.2, -0.15) is 5.26 Å². The Bertz CT molecular complexity index is 2700. The summed E-state index contributed by atoms with van der Waals surface area (Å²) in [6.07, 6.45) is 0. The third kappa shape index (κ3) is 9.04. The summed E-state index contributed by atoms with van der Waals surface area (Å²) in [7, 11) is 0. The van der Waals surface area contributed by atoms with Crippen molar-refractivity contribution in [2.24, 2.45) is 0 Å². The van der Waals surface area contributed by atoms with Crippen LogP contribution in [-0.4, -0.2) is 9.97 Å². The molecule has 0 atom stereocenters. The number of nitrogens with zero attached hydrogens (tertiary/aromatic N) is 6. The van der Waals surface area contributed by atoms with Gasteiger partial charge >= 0.3 is 5.82 Å². The summed E-state index contributed by atoms with van der Waals surface area (Å²) in [6.45, 7) is 10.3. The Kier molecular flexibility index (Phi) is 12.4. The van der Waals surface area contributed by atoms with Gasteiger partial charge in [-0.3, -0.25) is 0 Å². The van der Waals surface area contributed by atoms with Crippen LogP contribution in [-0.2, 0) is 26.2 Å². The van der Waals surface area contributed by atoms with Crippen molar-refractivity contribution in [3.63, 3.8) is 0 Å². The second-order valence-electron chi connectivity index (χ2n) is 15.6. The number of aromatic nitrogens is 2. The minimum Gasteiger partial charge on any atom is -0.358 e. The van der Waals surface area contributed by atoms with Gasteiger partial charge < -0.3 is 14.6 Å². The molecule has 1 aromatic heterocycles. The summed E-state index contributed by atoms with van der Waals surface area (Å²) in [5.41, 5.74) is 13.1. The molecule has 0 amide bonds. The molecule has 0 unspecified atom stereocenters. The van der Waals surface area contributed by atoms with Gasteiger partial charge in [-0.05, 0) is 66.8 Å². The fraction of sp³-hybridized carbons (Fsp3) is 0.0690. The third-order valence-corrected chi connectivity index (χ3v) is 11.5. The van der Waals surface area contributed by atoms with Gasteiger partial charge in [0.05, 0.1) is 0 Å². The largest absolute Gasteiger partial charge is 0.358 e. The summed E-state index contributed by atoms with van der Waals surface area (Å²) < 4.78 is 0. The number of hydrogen-bond acceptors (Lipinski definition) is 5. The Labute approximate surface area is 375 Å². The smallest absolute Gasteiger partial charge is 0.314 e. The van der Waals surface area contributed by atoms with Gasteiger partial charge in [0.15, 0.2) is 5.82 Å². The van der Waals surface area contributed by atoms with E-state index < -0.39 is 0 Å². The van der Waals surface area contributed by atoms with E-state index in [1.165, 1.54) is 0 Å². The minimum atomic E-state index is 0.126. The van der Waals surface area contributed by atoms with E-state index in [4.69, 9.17) is 16.5 Å². The van der Waals surface area contributed by atoms with Crippen LogP contribution < -0.4 is 9.80 Å². The first kappa shape index (κ1) is 40.8. The number of rotatable bonds is 14. The average molecular weight is 825 g/mol. The van der Waals surface area contributed by atoms with E-state index in [-0.39, 0.29) is 11.5 Å². The van der Waals surface area contributed by atoms with Gasteiger partial charge in [0, 0.05) is 26.2 Å². The number of nitriles is 1. The maximum Gasteiger partial charge on any atom is 0.314 e. The highest BCUT2D eigenvalue weighted by atomic mass is 15.3. The van der Waals surface area contributed by atoms with Crippen LogP contribution in [0.3, 0.4) is 0 Å². The van der Waals surface area contributed by atoms with E-state index in [1.807, 2.05) is 121 Å². The summed E-state index contributed by atoms with van der Waals surface area (Å²) in [6, 6.07) is 77.2. The van der Waals surface area contributed by atoms with Gasteiger partial charge in [-0.15, -0.1) is 0 Å². The summed E-state index contributed by atoms with van der Waals surface area (Å²) >= 11 is 0. The molecular formula is C58H44N6. The quantitative estimate of drug-likeness (QED) is 0.102. The van der Waals surface area contributed by atoms with Crippen molar-refractivity contribution in [2.75, 3.05) is 9.80 Å². The average Bonchev–Trinajstić information content (AvgIpc) is 3.37. The second kappa shape index (κ2) is 19.4. The molecule has 0 aliphatic heterocycles. The van der Waals surface area contributed by atoms with Crippen LogP contribution in [0.15, 0.2) is 218 Å². The van der Waals surface area contributed by atoms with E-state index in [0.717, 1.165) is 66.8 Å². The molecule has 0 saturated carbocycles. The SMILES string of the molecule is [C-]#[N+]c1nc(N(Cc2ccccc2-c2ccccc2)Cc2ccccc2-c2ccccc2)c(C#N)nc1N(Cc1ccccc1-c1ccccc1)Cc1ccccc1-c1ccccc1. The Morgan fingerprint density at radius 1 is 0.375 bits per heavy atom. The second-order valence-corrected chi connectivity index (χ2v) is 15.6. The molecule has 6 heteroatoms. The zero-order valence-corrected chi connectivity index (χ0v) is 35.3. The lowest BCUT2D eigenvalue weighted by Crippen LogP contribution is -2.28. The molecule has 0 aliphatic rings. The van der Waals surface area contributed by atoms with Gasteiger partial charge in [0.25, 0.3) is 5.82 Å². The first-order valence-corrected chi connectivity index (χ1v) is 21.4. The maximum absolute atomic E-state index is 11.1. The molecule has 9 rings (SSSR count). The van der Waals surface area contributed by atoms with Crippen LogP contribution >= 0.6 is 0 Å². The first-order chi connectivity index (χ1) is 31.7. The van der Waals surface area contributed by atoms with Gasteiger partial charge in [-0.25, -0.2) is 4.98 Å². The Hall–Kier alpha value is -8.58. The van der Waals surface area contributed by atoms with Crippen molar-refractivity contribution in [1.29, 1.82) is 5.26 Å². The van der Waals surface area contributed by atoms with Crippen LogP contribution in [0.4, 0.5) is 17.5 Å². The zero-order valence-electron chi connectivity index (χ0n) is 35.3. The van der Waals surface area contributed by atoms with Crippen molar-refractivity contribution in [2.45, 2.75) is 26.2 Å². The van der Waals surface area contributed by atoms with Gasteiger partial charge in [0.2, 0.25) is 5.69 Å². The number of benzene rings is 8.